The quantitative estimate of drug-likeness (QED) is 0.818. The largest absolute Gasteiger partial charge is 0.352 e. The lowest BCUT2D eigenvalue weighted by Gasteiger charge is -2.20. The van der Waals surface area contributed by atoms with Crippen molar-refractivity contribution >= 4 is 17.2 Å². The van der Waals surface area contributed by atoms with Crippen molar-refractivity contribution in [3.8, 4) is 0 Å². The fourth-order valence-corrected chi connectivity index (χ4v) is 2.10. The molecule has 0 aliphatic carbocycles. The van der Waals surface area contributed by atoms with Crippen molar-refractivity contribution < 1.29 is 4.79 Å². The Hall–Kier alpha value is -0.940. The first-order valence-electron chi connectivity index (χ1n) is 6.00. The molecule has 0 aliphatic heterocycles. The molecule has 0 spiro atoms. The van der Waals surface area contributed by atoms with Crippen LogP contribution in [0.2, 0.25) is 0 Å². The Bertz CT molecular complexity index is 340. The van der Waals surface area contributed by atoms with Crippen LogP contribution in [0.1, 0.15) is 45.2 Å². The Morgan fingerprint density at radius 2 is 2.18 bits per heavy atom. The molecule has 0 aromatic carbocycles. The lowest BCUT2D eigenvalue weighted by Crippen LogP contribution is -2.45. The van der Waals surface area contributed by atoms with Crippen LogP contribution in [0, 0.1) is 0 Å². The summed E-state index contributed by atoms with van der Waals surface area (Å²) in [5.74, 6) is 0.0442. The molecule has 17 heavy (non-hydrogen) atoms. The summed E-state index contributed by atoms with van der Waals surface area (Å²) >= 11 is 1.60. The molecule has 3 unspecified atom stereocenters. The molecule has 1 aromatic heterocycles. The zero-order valence-corrected chi connectivity index (χ0v) is 11.7. The summed E-state index contributed by atoms with van der Waals surface area (Å²) in [5, 5.41) is 9.16. The molecule has 0 saturated heterocycles. The van der Waals surface area contributed by atoms with Crippen LogP contribution in [0.15, 0.2) is 11.6 Å². The topological polar surface area (TPSA) is 54.0 Å². The van der Waals surface area contributed by atoms with Crippen LogP contribution < -0.4 is 10.6 Å². The van der Waals surface area contributed by atoms with Crippen molar-refractivity contribution in [1.29, 1.82) is 0 Å². The first kappa shape index (κ1) is 14.1. The van der Waals surface area contributed by atoms with Gasteiger partial charge in [-0.25, -0.2) is 4.98 Å². The van der Waals surface area contributed by atoms with Gasteiger partial charge in [-0.1, -0.05) is 6.92 Å². The van der Waals surface area contributed by atoms with E-state index in [2.05, 4.69) is 22.5 Å². The standard InChI is InChI=1S/C12H21N3OS/c1-5-8(2)14-11(16)9(3)15-10(4)12-13-6-7-17-12/h6-10,15H,5H2,1-4H3,(H,14,16). The number of hydrogen-bond acceptors (Lipinski definition) is 4. The van der Waals surface area contributed by atoms with Gasteiger partial charge in [-0.15, -0.1) is 11.3 Å². The molecule has 0 fully saturated rings. The molecule has 1 aromatic rings. The number of thiazole rings is 1. The van der Waals surface area contributed by atoms with Crippen LogP contribution in [0.4, 0.5) is 0 Å². The molecular weight excluding hydrogens is 234 g/mol. The van der Waals surface area contributed by atoms with Crippen LogP contribution in [0.25, 0.3) is 0 Å². The molecule has 1 rings (SSSR count). The highest BCUT2D eigenvalue weighted by molar-refractivity contribution is 7.09. The van der Waals surface area contributed by atoms with E-state index < -0.39 is 0 Å². The molecule has 0 bridgehead atoms. The third kappa shape index (κ3) is 4.44. The second-order valence-electron chi connectivity index (χ2n) is 4.30. The first-order valence-corrected chi connectivity index (χ1v) is 6.88. The minimum absolute atomic E-state index is 0.0442. The molecule has 1 amide bonds. The maximum Gasteiger partial charge on any atom is 0.237 e. The van der Waals surface area contributed by atoms with E-state index >= 15 is 0 Å². The normalized spacial score (nSPS) is 16.2. The Labute approximate surface area is 107 Å². The fraction of sp³-hybridized carbons (Fsp3) is 0.667. The summed E-state index contributed by atoms with van der Waals surface area (Å²) in [5.41, 5.74) is 0. The highest BCUT2D eigenvalue weighted by Crippen LogP contribution is 2.15. The number of nitrogens with zero attached hydrogens (tertiary/aromatic N) is 1. The number of carbonyl (C=O) groups is 1. The van der Waals surface area contributed by atoms with E-state index in [1.54, 1.807) is 17.5 Å². The van der Waals surface area contributed by atoms with Gasteiger partial charge in [0.25, 0.3) is 0 Å². The smallest absolute Gasteiger partial charge is 0.237 e. The lowest BCUT2D eigenvalue weighted by molar-refractivity contribution is -0.123. The van der Waals surface area contributed by atoms with Crippen molar-refractivity contribution in [3.63, 3.8) is 0 Å². The second kappa shape index (κ2) is 6.71. The van der Waals surface area contributed by atoms with E-state index in [4.69, 9.17) is 0 Å². The maximum atomic E-state index is 11.8. The zero-order chi connectivity index (χ0) is 12.8. The monoisotopic (exact) mass is 255 g/mol. The average molecular weight is 255 g/mol. The molecule has 5 heteroatoms. The van der Waals surface area contributed by atoms with Gasteiger partial charge in [-0.2, -0.15) is 0 Å². The Balaban J connectivity index is 2.43. The van der Waals surface area contributed by atoms with Gasteiger partial charge in [-0.05, 0) is 27.2 Å². The van der Waals surface area contributed by atoms with E-state index in [0.717, 1.165) is 11.4 Å². The molecule has 0 aliphatic rings. The highest BCUT2D eigenvalue weighted by atomic mass is 32.1. The number of carbonyl (C=O) groups excluding carboxylic acids is 1. The molecule has 2 N–H and O–H groups in total. The predicted molar refractivity (Wildman–Crippen MR) is 71.0 cm³/mol. The summed E-state index contributed by atoms with van der Waals surface area (Å²) in [4.78, 5) is 16.1. The lowest BCUT2D eigenvalue weighted by atomic mass is 10.2. The summed E-state index contributed by atoms with van der Waals surface area (Å²) in [6.45, 7) is 7.96. The van der Waals surface area contributed by atoms with Crippen molar-refractivity contribution in [2.45, 2.75) is 52.2 Å². The first-order chi connectivity index (χ1) is 8.04. The van der Waals surface area contributed by atoms with Gasteiger partial charge in [0, 0.05) is 17.6 Å². The van der Waals surface area contributed by atoms with Gasteiger partial charge < -0.3 is 5.32 Å². The van der Waals surface area contributed by atoms with Gasteiger partial charge in [-0.3, -0.25) is 10.1 Å². The maximum absolute atomic E-state index is 11.8. The highest BCUT2D eigenvalue weighted by Gasteiger charge is 2.18. The second-order valence-corrected chi connectivity index (χ2v) is 5.22. The predicted octanol–water partition coefficient (Wildman–Crippen LogP) is 2.10. The summed E-state index contributed by atoms with van der Waals surface area (Å²) in [6, 6.07) is 0.123. The van der Waals surface area contributed by atoms with Crippen molar-refractivity contribution in [1.82, 2.24) is 15.6 Å². The summed E-state index contributed by atoms with van der Waals surface area (Å²) in [7, 11) is 0. The molecule has 4 nitrogen and oxygen atoms in total. The summed E-state index contributed by atoms with van der Waals surface area (Å²) in [6.07, 6.45) is 2.72. The van der Waals surface area contributed by atoms with Crippen molar-refractivity contribution in [3.05, 3.63) is 16.6 Å². The third-order valence-corrected chi connectivity index (χ3v) is 3.67. The minimum Gasteiger partial charge on any atom is -0.352 e. The van der Waals surface area contributed by atoms with E-state index in [1.165, 1.54) is 0 Å². The number of aromatic nitrogens is 1. The minimum atomic E-state index is -0.206. The Morgan fingerprint density at radius 3 is 2.71 bits per heavy atom. The van der Waals surface area contributed by atoms with E-state index in [9.17, 15) is 4.79 Å². The van der Waals surface area contributed by atoms with Gasteiger partial charge >= 0.3 is 0 Å². The average Bonchev–Trinajstić information content (AvgIpc) is 2.82. The van der Waals surface area contributed by atoms with E-state index in [1.807, 2.05) is 26.2 Å². The summed E-state index contributed by atoms with van der Waals surface area (Å²) < 4.78 is 0. The van der Waals surface area contributed by atoms with Gasteiger partial charge in [0.05, 0.1) is 12.1 Å². The van der Waals surface area contributed by atoms with Gasteiger partial charge in [0.2, 0.25) is 5.91 Å². The van der Waals surface area contributed by atoms with Crippen LogP contribution in [-0.4, -0.2) is 23.0 Å². The van der Waals surface area contributed by atoms with Crippen LogP contribution in [-0.2, 0) is 4.79 Å². The van der Waals surface area contributed by atoms with E-state index in [-0.39, 0.29) is 24.0 Å². The molecule has 1 heterocycles. The zero-order valence-electron chi connectivity index (χ0n) is 10.9. The van der Waals surface area contributed by atoms with Crippen LogP contribution in [0.5, 0.6) is 0 Å². The van der Waals surface area contributed by atoms with Gasteiger partial charge in [0.1, 0.15) is 5.01 Å². The van der Waals surface area contributed by atoms with Crippen molar-refractivity contribution in [2.24, 2.45) is 0 Å². The van der Waals surface area contributed by atoms with Crippen LogP contribution in [0.3, 0.4) is 0 Å². The molecule has 0 radical (unpaired) electrons. The molecule has 0 saturated carbocycles. The van der Waals surface area contributed by atoms with Gasteiger partial charge in [0.15, 0.2) is 0 Å². The number of nitrogens with one attached hydrogen (secondary N) is 2. The fourth-order valence-electron chi connectivity index (χ4n) is 1.44. The van der Waals surface area contributed by atoms with Crippen molar-refractivity contribution in [2.75, 3.05) is 0 Å². The van der Waals surface area contributed by atoms with Crippen LogP contribution >= 0.6 is 11.3 Å². The molecular formula is C12H21N3OS. The Morgan fingerprint density at radius 1 is 1.47 bits per heavy atom. The molecule has 3 atom stereocenters. The number of rotatable bonds is 6. The number of hydrogen-bond donors (Lipinski definition) is 2. The Kier molecular flexibility index (Phi) is 5.58. The SMILES string of the molecule is CCC(C)NC(=O)C(C)NC(C)c1nccs1. The van der Waals surface area contributed by atoms with E-state index in [0.29, 0.717) is 0 Å². The third-order valence-electron chi connectivity index (χ3n) is 2.72. The number of amides is 1. The molecule has 96 valence electrons.